The van der Waals surface area contributed by atoms with E-state index in [-0.39, 0.29) is 11.6 Å². The Morgan fingerprint density at radius 3 is 2.94 bits per heavy atom. The highest BCUT2D eigenvalue weighted by Crippen LogP contribution is 2.25. The number of carbonyl (C=O) groups is 1. The van der Waals surface area contributed by atoms with Crippen molar-refractivity contribution in [2.45, 2.75) is 18.8 Å². The van der Waals surface area contributed by atoms with E-state index < -0.39 is 5.97 Å². The van der Waals surface area contributed by atoms with Crippen molar-refractivity contribution in [1.29, 1.82) is 0 Å². The summed E-state index contributed by atoms with van der Waals surface area (Å²) < 4.78 is 11.2. The molecule has 0 amide bonds. The van der Waals surface area contributed by atoms with Crippen LogP contribution in [0.4, 0.5) is 0 Å². The van der Waals surface area contributed by atoms with Crippen LogP contribution in [-0.4, -0.2) is 36.0 Å². The zero-order valence-corrected chi connectivity index (χ0v) is 9.18. The number of aromatic nitrogens is 2. The highest BCUT2D eigenvalue weighted by molar-refractivity contribution is 5.87. The molecule has 1 aromatic heterocycles. The minimum atomic E-state index is -0.465. The number of nitrogens with zero attached hydrogens (tertiary/aromatic N) is 2. The number of imidazole rings is 1. The molecule has 1 fully saturated rings. The third-order valence-corrected chi connectivity index (χ3v) is 2.81. The Morgan fingerprint density at radius 1 is 1.62 bits per heavy atom. The van der Waals surface area contributed by atoms with E-state index in [4.69, 9.17) is 10.6 Å². The second-order valence-electron chi connectivity index (χ2n) is 3.75. The Bertz CT molecular complexity index is 383. The maximum Gasteiger partial charge on any atom is 0.358 e. The number of hydrogen-bond donors (Lipinski definition) is 1. The van der Waals surface area contributed by atoms with Crippen LogP contribution in [0, 0.1) is 0 Å². The molecule has 1 aliphatic heterocycles. The van der Waals surface area contributed by atoms with Crippen molar-refractivity contribution in [3.63, 3.8) is 0 Å². The molecule has 0 bridgehead atoms. The van der Waals surface area contributed by atoms with Crippen LogP contribution in [0.2, 0.25) is 0 Å². The number of ether oxygens (including phenoxy) is 2. The summed E-state index contributed by atoms with van der Waals surface area (Å²) in [6, 6.07) is 0. The average molecular weight is 225 g/mol. The normalized spacial score (nSPS) is 17.3. The molecule has 2 N–H and O–H groups in total. The molecule has 1 aliphatic rings. The van der Waals surface area contributed by atoms with E-state index in [0.717, 1.165) is 18.7 Å². The molecule has 0 unspecified atom stereocenters. The quantitative estimate of drug-likeness (QED) is 0.577. The van der Waals surface area contributed by atoms with Crippen LogP contribution in [-0.2, 0) is 9.47 Å². The van der Waals surface area contributed by atoms with Crippen LogP contribution >= 0.6 is 0 Å². The summed E-state index contributed by atoms with van der Waals surface area (Å²) in [4.78, 5) is 15.5. The van der Waals surface area contributed by atoms with Crippen LogP contribution < -0.4 is 5.84 Å². The molecule has 88 valence electrons. The monoisotopic (exact) mass is 225 g/mol. The van der Waals surface area contributed by atoms with E-state index in [0.29, 0.717) is 13.2 Å². The summed E-state index contributed by atoms with van der Waals surface area (Å²) in [6.45, 7) is 1.43. The topological polar surface area (TPSA) is 79.4 Å². The standard InChI is InChI=1S/C10H15N3O3/c1-15-10(14)8-6-12-9(13(8)11)7-2-4-16-5-3-7/h6-7H,2-5,11H2,1H3. The first-order valence-corrected chi connectivity index (χ1v) is 5.22. The maximum atomic E-state index is 11.3. The Morgan fingerprint density at radius 2 is 2.31 bits per heavy atom. The fraction of sp³-hybridized carbons (Fsp3) is 0.600. The first-order chi connectivity index (χ1) is 7.74. The van der Waals surface area contributed by atoms with Crippen LogP contribution in [0.5, 0.6) is 0 Å². The van der Waals surface area contributed by atoms with Crippen LogP contribution in [0.15, 0.2) is 6.20 Å². The molecule has 0 aromatic carbocycles. The number of methoxy groups -OCH3 is 1. The van der Waals surface area contributed by atoms with E-state index in [2.05, 4.69) is 9.72 Å². The third kappa shape index (κ3) is 1.88. The number of carbonyl (C=O) groups excluding carboxylic acids is 1. The zero-order valence-electron chi connectivity index (χ0n) is 9.18. The summed E-state index contributed by atoms with van der Waals surface area (Å²) in [6.07, 6.45) is 3.22. The first kappa shape index (κ1) is 10.9. The van der Waals surface area contributed by atoms with Gasteiger partial charge in [-0.1, -0.05) is 0 Å². The number of esters is 1. The van der Waals surface area contributed by atoms with Crippen LogP contribution in [0.25, 0.3) is 0 Å². The molecule has 16 heavy (non-hydrogen) atoms. The molecule has 1 saturated heterocycles. The lowest BCUT2D eigenvalue weighted by Gasteiger charge is -2.21. The van der Waals surface area contributed by atoms with Gasteiger partial charge in [-0.25, -0.2) is 14.5 Å². The summed E-state index contributed by atoms with van der Waals surface area (Å²) in [5.41, 5.74) is 0.281. The summed E-state index contributed by atoms with van der Waals surface area (Å²) >= 11 is 0. The highest BCUT2D eigenvalue weighted by atomic mass is 16.5. The summed E-state index contributed by atoms with van der Waals surface area (Å²) in [5.74, 6) is 6.35. The lowest BCUT2D eigenvalue weighted by molar-refractivity contribution is 0.0589. The number of rotatable bonds is 2. The molecule has 6 heteroatoms. The van der Waals surface area contributed by atoms with E-state index in [1.807, 2.05) is 0 Å². The molecular formula is C10H15N3O3. The second-order valence-corrected chi connectivity index (χ2v) is 3.75. The van der Waals surface area contributed by atoms with Crippen molar-refractivity contribution in [2.24, 2.45) is 0 Å². The van der Waals surface area contributed by atoms with Crippen molar-refractivity contribution >= 4 is 5.97 Å². The zero-order chi connectivity index (χ0) is 11.5. The highest BCUT2D eigenvalue weighted by Gasteiger charge is 2.23. The Labute approximate surface area is 93.3 Å². The first-order valence-electron chi connectivity index (χ1n) is 5.22. The van der Waals surface area contributed by atoms with E-state index in [9.17, 15) is 4.79 Å². The Hall–Kier alpha value is -1.56. The van der Waals surface area contributed by atoms with Gasteiger partial charge in [0.15, 0.2) is 5.69 Å². The van der Waals surface area contributed by atoms with Gasteiger partial charge in [0.1, 0.15) is 5.82 Å². The van der Waals surface area contributed by atoms with Gasteiger partial charge in [-0.15, -0.1) is 0 Å². The van der Waals surface area contributed by atoms with Gasteiger partial charge < -0.3 is 15.3 Å². The van der Waals surface area contributed by atoms with E-state index in [1.54, 1.807) is 0 Å². The van der Waals surface area contributed by atoms with Crippen molar-refractivity contribution in [1.82, 2.24) is 9.66 Å². The Kier molecular flexibility index (Phi) is 3.09. The predicted molar refractivity (Wildman–Crippen MR) is 56.5 cm³/mol. The van der Waals surface area contributed by atoms with Gasteiger partial charge in [0.25, 0.3) is 0 Å². The van der Waals surface area contributed by atoms with Gasteiger partial charge in [0.05, 0.1) is 13.3 Å². The van der Waals surface area contributed by atoms with Crippen molar-refractivity contribution < 1.29 is 14.3 Å². The predicted octanol–water partition coefficient (Wildman–Crippen LogP) is 0.277. The molecule has 2 heterocycles. The van der Waals surface area contributed by atoms with Gasteiger partial charge in [0.2, 0.25) is 0 Å². The molecule has 6 nitrogen and oxygen atoms in total. The van der Waals surface area contributed by atoms with Gasteiger partial charge in [0, 0.05) is 19.1 Å². The molecule has 2 rings (SSSR count). The molecule has 0 saturated carbocycles. The fourth-order valence-electron chi connectivity index (χ4n) is 1.89. The fourth-order valence-corrected chi connectivity index (χ4v) is 1.89. The summed E-state index contributed by atoms with van der Waals surface area (Å²) in [5, 5.41) is 0. The largest absolute Gasteiger partial charge is 0.464 e. The molecule has 1 aromatic rings. The number of nitrogens with two attached hydrogens (primary N) is 1. The SMILES string of the molecule is COC(=O)c1cnc(C2CCOCC2)n1N. The van der Waals surface area contributed by atoms with E-state index >= 15 is 0 Å². The van der Waals surface area contributed by atoms with Gasteiger partial charge in [-0.05, 0) is 12.8 Å². The van der Waals surface area contributed by atoms with Gasteiger partial charge in [-0.2, -0.15) is 0 Å². The maximum absolute atomic E-state index is 11.3. The van der Waals surface area contributed by atoms with Gasteiger partial charge in [-0.3, -0.25) is 0 Å². The van der Waals surface area contributed by atoms with Crippen molar-refractivity contribution in [3.8, 4) is 0 Å². The Balaban J connectivity index is 2.21. The molecule has 0 aliphatic carbocycles. The smallest absolute Gasteiger partial charge is 0.358 e. The van der Waals surface area contributed by atoms with Gasteiger partial charge >= 0.3 is 5.97 Å². The lowest BCUT2D eigenvalue weighted by Crippen LogP contribution is -2.24. The van der Waals surface area contributed by atoms with Crippen LogP contribution in [0.1, 0.15) is 35.1 Å². The lowest BCUT2D eigenvalue weighted by atomic mass is 10.00. The molecule has 0 atom stereocenters. The van der Waals surface area contributed by atoms with Crippen LogP contribution in [0.3, 0.4) is 0 Å². The van der Waals surface area contributed by atoms with Crippen molar-refractivity contribution in [3.05, 3.63) is 17.7 Å². The van der Waals surface area contributed by atoms with E-state index in [1.165, 1.54) is 18.0 Å². The second kappa shape index (κ2) is 4.52. The minimum absolute atomic E-state index is 0.261. The number of hydrogen-bond acceptors (Lipinski definition) is 5. The number of nitrogen functional groups attached to an aromatic ring is 1. The molecule has 0 radical (unpaired) electrons. The summed E-state index contributed by atoms with van der Waals surface area (Å²) in [7, 11) is 1.32. The van der Waals surface area contributed by atoms with Crippen molar-refractivity contribution in [2.75, 3.05) is 26.2 Å². The third-order valence-electron chi connectivity index (χ3n) is 2.81. The average Bonchev–Trinajstić information content (AvgIpc) is 2.71. The molecular weight excluding hydrogens is 210 g/mol. The molecule has 0 spiro atoms. The minimum Gasteiger partial charge on any atom is -0.464 e.